The topological polar surface area (TPSA) is 72.0 Å². The number of hydrogen-bond acceptors (Lipinski definition) is 5. The fourth-order valence-electron chi connectivity index (χ4n) is 2.81. The molecule has 0 aliphatic rings. The van der Waals surface area contributed by atoms with E-state index in [1.165, 1.54) is 0 Å². The molecule has 0 aromatic carbocycles. The molecule has 0 spiro atoms. The molecule has 0 saturated carbocycles. The molecular weight excluding hydrogens is 252 g/mol. The smallest absolute Gasteiger partial charge is 0.138 e. The molecule has 0 aliphatic heterocycles. The summed E-state index contributed by atoms with van der Waals surface area (Å²) in [7, 11) is 0. The van der Waals surface area contributed by atoms with Crippen LogP contribution in [-0.2, 0) is 6.42 Å². The van der Waals surface area contributed by atoms with Gasteiger partial charge in [-0.15, -0.1) is 0 Å². The zero-order valence-corrected chi connectivity index (χ0v) is 13.7. The van der Waals surface area contributed by atoms with Crippen molar-refractivity contribution in [2.24, 2.45) is 5.84 Å². The third-order valence-corrected chi connectivity index (χ3v) is 4.16. The van der Waals surface area contributed by atoms with Crippen LogP contribution >= 0.6 is 0 Å². The summed E-state index contributed by atoms with van der Waals surface area (Å²) in [6, 6.07) is 0.423. The fraction of sp³-hybridized carbons (Fsp3) is 0.857. The van der Waals surface area contributed by atoms with Gasteiger partial charge in [0.05, 0.1) is 0 Å². The van der Waals surface area contributed by atoms with Crippen molar-refractivity contribution in [3.05, 3.63) is 12.2 Å². The fourth-order valence-corrected chi connectivity index (χ4v) is 2.81. The lowest BCUT2D eigenvalue weighted by molar-refractivity contribution is 0.0897. The molecule has 1 atom stereocenters. The second-order valence-corrected chi connectivity index (χ2v) is 5.96. The Bertz CT molecular complexity index is 394. The molecule has 1 aromatic rings. The molecule has 0 aliphatic carbocycles. The highest BCUT2D eigenvalue weighted by atomic mass is 15.4. The molecule has 1 heterocycles. The molecule has 1 aromatic heterocycles. The van der Waals surface area contributed by atoms with E-state index in [0.29, 0.717) is 6.04 Å². The largest absolute Gasteiger partial charge is 0.297 e. The van der Waals surface area contributed by atoms with Crippen LogP contribution in [0, 0.1) is 0 Å². The second kappa shape index (κ2) is 7.15. The maximum Gasteiger partial charge on any atom is 0.138 e. The molecule has 0 bridgehead atoms. The van der Waals surface area contributed by atoms with Crippen LogP contribution in [0.5, 0.6) is 0 Å². The molecule has 6 nitrogen and oxygen atoms in total. The van der Waals surface area contributed by atoms with Crippen LogP contribution in [0.1, 0.15) is 53.4 Å². The molecule has 1 unspecified atom stereocenters. The number of hydrazine groups is 1. The van der Waals surface area contributed by atoms with Crippen molar-refractivity contribution < 1.29 is 0 Å². The molecule has 1 rings (SSSR count). The molecule has 0 fully saturated rings. The zero-order chi connectivity index (χ0) is 15.3. The van der Waals surface area contributed by atoms with Gasteiger partial charge in [-0.1, -0.05) is 13.8 Å². The van der Waals surface area contributed by atoms with Crippen LogP contribution in [0.3, 0.4) is 0 Å². The summed E-state index contributed by atoms with van der Waals surface area (Å²) in [5.41, 5.74) is 2.92. The maximum atomic E-state index is 5.81. The van der Waals surface area contributed by atoms with E-state index in [0.717, 1.165) is 25.3 Å². The number of nitrogens with one attached hydrogen (secondary N) is 1. The molecule has 116 valence electrons. The van der Waals surface area contributed by atoms with Gasteiger partial charge >= 0.3 is 0 Å². The highest BCUT2D eigenvalue weighted by Crippen LogP contribution is 2.21. The molecule has 3 N–H and O–H groups in total. The lowest BCUT2D eigenvalue weighted by Gasteiger charge is -2.43. The third kappa shape index (κ3) is 3.56. The molecule has 0 saturated heterocycles. The van der Waals surface area contributed by atoms with Crippen LogP contribution in [0.2, 0.25) is 0 Å². The zero-order valence-electron chi connectivity index (χ0n) is 13.7. The minimum atomic E-state index is -0.0496. The normalized spacial score (nSPS) is 14.2. The Labute approximate surface area is 122 Å². The van der Waals surface area contributed by atoms with E-state index in [9.17, 15) is 0 Å². The molecule has 6 heteroatoms. The van der Waals surface area contributed by atoms with Crippen LogP contribution in [0.15, 0.2) is 6.33 Å². The Morgan fingerprint density at radius 3 is 2.40 bits per heavy atom. The van der Waals surface area contributed by atoms with Crippen LogP contribution in [-0.4, -0.2) is 44.3 Å². The van der Waals surface area contributed by atoms with E-state index in [1.807, 2.05) is 4.68 Å². The van der Waals surface area contributed by atoms with Gasteiger partial charge in [0.15, 0.2) is 0 Å². The maximum absolute atomic E-state index is 5.81. The van der Waals surface area contributed by atoms with Gasteiger partial charge in [-0.3, -0.25) is 16.2 Å². The molecular formula is C14H30N6. The van der Waals surface area contributed by atoms with Crippen LogP contribution < -0.4 is 11.3 Å². The summed E-state index contributed by atoms with van der Waals surface area (Å²) in [5, 5.41) is 4.29. The number of nitrogens with two attached hydrogens (primary N) is 1. The van der Waals surface area contributed by atoms with E-state index in [2.05, 4.69) is 62.0 Å². The predicted octanol–water partition coefficient (Wildman–Crippen LogP) is 1.35. The molecule has 0 radical (unpaired) electrons. The van der Waals surface area contributed by atoms with E-state index in [1.54, 1.807) is 6.33 Å². The van der Waals surface area contributed by atoms with E-state index in [4.69, 9.17) is 5.84 Å². The first-order chi connectivity index (χ1) is 9.38. The monoisotopic (exact) mass is 282 g/mol. The van der Waals surface area contributed by atoms with Crippen LogP contribution in [0.4, 0.5) is 0 Å². The lowest BCUT2D eigenvalue weighted by Crippen LogP contribution is -2.60. The van der Waals surface area contributed by atoms with Crippen molar-refractivity contribution in [1.82, 2.24) is 25.1 Å². The van der Waals surface area contributed by atoms with Gasteiger partial charge < -0.3 is 0 Å². The number of nitrogens with zero attached hydrogens (tertiary/aromatic N) is 4. The molecule has 20 heavy (non-hydrogen) atoms. The molecule has 0 amide bonds. The van der Waals surface area contributed by atoms with E-state index >= 15 is 0 Å². The number of aromatic nitrogens is 3. The Morgan fingerprint density at radius 1 is 1.35 bits per heavy atom. The van der Waals surface area contributed by atoms with Gasteiger partial charge in [-0.25, -0.2) is 9.67 Å². The lowest BCUT2D eigenvalue weighted by atomic mass is 9.90. The SMILES string of the molecule is CCN(CC)C(C)(C)C(Cc1ncnn1C(C)C)NN. The summed E-state index contributed by atoms with van der Waals surface area (Å²) in [5.74, 6) is 6.79. The summed E-state index contributed by atoms with van der Waals surface area (Å²) < 4.78 is 1.96. The standard InChI is InChI=1S/C14H30N6/c1-7-19(8-2)14(5,6)12(18-15)9-13-16-10-17-20(13)11(3)4/h10-12,18H,7-9,15H2,1-6H3. The summed E-state index contributed by atoms with van der Waals surface area (Å²) in [6.45, 7) is 15.0. The van der Waals surface area contributed by atoms with Crippen molar-refractivity contribution in [2.45, 2.75) is 65.6 Å². The minimum absolute atomic E-state index is 0.0496. The van der Waals surface area contributed by atoms with Crippen molar-refractivity contribution >= 4 is 0 Å². The minimum Gasteiger partial charge on any atom is -0.297 e. The number of hydrogen-bond donors (Lipinski definition) is 2. The summed E-state index contributed by atoms with van der Waals surface area (Å²) in [4.78, 5) is 6.80. The van der Waals surface area contributed by atoms with Gasteiger partial charge in [0.2, 0.25) is 0 Å². The van der Waals surface area contributed by atoms with Crippen molar-refractivity contribution in [1.29, 1.82) is 0 Å². The van der Waals surface area contributed by atoms with Gasteiger partial charge in [-0.2, -0.15) is 5.10 Å². The highest BCUT2D eigenvalue weighted by molar-refractivity contribution is 5.00. The first kappa shape index (κ1) is 17.1. The first-order valence-corrected chi connectivity index (χ1v) is 7.47. The van der Waals surface area contributed by atoms with Crippen molar-refractivity contribution in [2.75, 3.05) is 13.1 Å². The Kier molecular flexibility index (Phi) is 6.10. The first-order valence-electron chi connectivity index (χ1n) is 7.47. The van der Waals surface area contributed by atoms with Gasteiger partial charge in [-0.05, 0) is 40.8 Å². The van der Waals surface area contributed by atoms with Crippen molar-refractivity contribution in [3.8, 4) is 0 Å². The average molecular weight is 282 g/mol. The summed E-state index contributed by atoms with van der Waals surface area (Å²) in [6.07, 6.45) is 2.38. The Balaban J connectivity index is 2.93. The Morgan fingerprint density at radius 2 is 1.95 bits per heavy atom. The predicted molar refractivity (Wildman–Crippen MR) is 82.2 cm³/mol. The number of likely N-dealkylation sites (N-methyl/N-ethyl adjacent to an activating group) is 1. The van der Waals surface area contributed by atoms with Crippen LogP contribution in [0.25, 0.3) is 0 Å². The highest BCUT2D eigenvalue weighted by Gasteiger charge is 2.34. The Hall–Kier alpha value is -0.980. The van der Waals surface area contributed by atoms with Gasteiger partial charge in [0.1, 0.15) is 12.2 Å². The quantitative estimate of drug-likeness (QED) is 0.556. The summed E-state index contributed by atoms with van der Waals surface area (Å²) >= 11 is 0. The van der Waals surface area contributed by atoms with Gasteiger partial charge in [0.25, 0.3) is 0 Å². The third-order valence-electron chi connectivity index (χ3n) is 4.16. The second-order valence-electron chi connectivity index (χ2n) is 5.96. The van der Waals surface area contributed by atoms with E-state index < -0.39 is 0 Å². The van der Waals surface area contributed by atoms with Gasteiger partial charge in [0, 0.05) is 24.0 Å². The van der Waals surface area contributed by atoms with E-state index in [-0.39, 0.29) is 11.6 Å². The average Bonchev–Trinajstić information content (AvgIpc) is 2.85. The number of rotatable bonds is 8. The van der Waals surface area contributed by atoms with Crippen molar-refractivity contribution in [3.63, 3.8) is 0 Å².